The Morgan fingerprint density at radius 3 is 2.71 bits per heavy atom. The quantitative estimate of drug-likeness (QED) is 0.757. The van der Waals surface area contributed by atoms with E-state index < -0.39 is 11.8 Å². The van der Waals surface area contributed by atoms with Crippen molar-refractivity contribution in [2.45, 2.75) is 32.1 Å². The minimum absolute atomic E-state index is 0.108. The SMILES string of the molecule is NC(=O)c1c(NC(=O)[C@H]2CC(=O)N(c3ccc4c(c3)OCCO4)C2)sc2c1CCCC2. The summed E-state index contributed by atoms with van der Waals surface area (Å²) in [6, 6.07) is 5.34. The number of rotatable bonds is 4. The van der Waals surface area contributed by atoms with Gasteiger partial charge in [0.1, 0.15) is 18.2 Å². The maximum Gasteiger partial charge on any atom is 0.251 e. The lowest BCUT2D eigenvalue weighted by Gasteiger charge is -2.22. The minimum atomic E-state index is -0.518. The van der Waals surface area contributed by atoms with Gasteiger partial charge in [0.05, 0.1) is 11.5 Å². The Morgan fingerprint density at radius 1 is 1.13 bits per heavy atom. The zero-order valence-electron chi connectivity index (χ0n) is 16.9. The van der Waals surface area contributed by atoms with Crippen molar-refractivity contribution in [1.29, 1.82) is 0 Å². The topological polar surface area (TPSA) is 111 Å². The number of anilines is 2. The highest BCUT2D eigenvalue weighted by Crippen LogP contribution is 2.39. The third-order valence-electron chi connectivity index (χ3n) is 5.99. The predicted molar refractivity (Wildman–Crippen MR) is 116 cm³/mol. The van der Waals surface area contributed by atoms with Crippen molar-refractivity contribution in [3.8, 4) is 11.5 Å². The van der Waals surface area contributed by atoms with E-state index in [-0.39, 0.29) is 24.8 Å². The molecule has 3 amide bonds. The van der Waals surface area contributed by atoms with E-state index in [1.807, 2.05) is 0 Å². The molecule has 1 aliphatic carbocycles. The molecule has 0 unspecified atom stereocenters. The van der Waals surface area contributed by atoms with Crippen LogP contribution in [0.1, 0.15) is 40.1 Å². The molecule has 3 N–H and O–H groups in total. The lowest BCUT2D eigenvalue weighted by atomic mass is 9.95. The molecule has 1 atom stereocenters. The van der Waals surface area contributed by atoms with Gasteiger partial charge in [-0.1, -0.05) is 0 Å². The number of primary amides is 1. The number of amides is 3. The molecule has 9 heteroatoms. The second-order valence-corrected chi connectivity index (χ2v) is 9.11. The maximum atomic E-state index is 13.0. The molecule has 3 heterocycles. The number of hydrogen-bond acceptors (Lipinski definition) is 6. The zero-order chi connectivity index (χ0) is 21.5. The lowest BCUT2D eigenvalue weighted by Crippen LogP contribution is -2.28. The summed E-state index contributed by atoms with van der Waals surface area (Å²) in [7, 11) is 0. The summed E-state index contributed by atoms with van der Waals surface area (Å²) in [5.74, 6) is -0.182. The number of nitrogens with one attached hydrogen (secondary N) is 1. The highest BCUT2D eigenvalue weighted by atomic mass is 32.1. The van der Waals surface area contributed by atoms with E-state index in [1.54, 1.807) is 23.1 Å². The largest absolute Gasteiger partial charge is 0.486 e. The Hall–Kier alpha value is -3.07. The predicted octanol–water partition coefficient (Wildman–Crippen LogP) is 2.49. The van der Waals surface area contributed by atoms with Gasteiger partial charge in [0, 0.05) is 29.6 Å². The molecule has 0 saturated carbocycles. The number of nitrogens with zero attached hydrogens (tertiary/aromatic N) is 1. The Morgan fingerprint density at radius 2 is 1.90 bits per heavy atom. The van der Waals surface area contributed by atoms with Crippen LogP contribution in [-0.4, -0.2) is 37.5 Å². The van der Waals surface area contributed by atoms with Crippen molar-refractivity contribution in [2.75, 3.05) is 30.0 Å². The standard InChI is InChI=1S/C22H23N3O5S/c23-20(27)19-14-3-1-2-4-17(14)31-22(19)24-21(28)12-9-18(26)25(11-12)13-5-6-15-16(10-13)30-8-7-29-15/h5-6,10,12H,1-4,7-9,11H2,(H2,23,27)(H,24,28)/t12-/m0/s1. The molecular weight excluding hydrogens is 418 g/mol. The van der Waals surface area contributed by atoms with Crippen LogP contribution in [-0.2, 0) is 22.4 Å². The average Bonchev–Trinajstić information content (AvgIpc) is 3.33. The molecule has 0 radical (unpaired) electrons. The molecule has 3 aliphatic rings. The normalized spacial score (nSPS) is 19.8. The van der Waals surface area contributed by atoms with Crippen LogP contribution in [0, 0.1) is 5.92 Å². The van der Waals surface area contributed by atoms with Crippen molar-refractivity contribution in [2.24, 2.45) is 11.7 Å². The number of aryl methyl sites for hydroxylation is 1. The third-order valence-corrected chi connectivity index (χ3v) is 7.19. The van der Waals surface area contributed by atoms with Gasteiger partial charge in [-0.05, 0) is 43.4 Å². The van der Waals surface area contributed by atoms with Crippen LogP contribution in [0.15, 0.2) is 18.2 Å². The molecule has 2 aliphatic heterocycles. The van der Waals surface area contributed by atoms with Gasteiger partial charge in [0.15, 0.2) is 11.5 Å². The number of nitrogens with two attached hydrogens (primary N) is 1. The van der Waals surface area contributed by atoms with Gasteiger partial charge >= 0.3 is 0 Å². The van der Waals surface area contributed by atoms with E-state index >= 15 is 0 Å². The second kappa shape index (κ2) is 7.88. The molecule has 1 saturated heterocycles. The molecule has 1 aromatic heterocycles. The van der Waals surface area contributed by atoms with Crippen LogP contribution < -0.4 is 25.4 Å². The summed E-state index contributed by atoms with van der Waals surface area (Å²) in [6.07, 6.45) is 3.90. The molecular formula is C22H23N3O5S. The van der Waals surface area contributed by atoms with Crippen molar-refractivity contribution in [3.63, 3.8) is 0 Å². The Bertz CT molecular complexity index is 1080. The monoisotopic (exact) mass is 441 g/mol. The van der Waals surface area contributed by atoms with Crippen LogP contribution in [0.5, 0.6) is 11.5 Å². The molecule has 8 nitrogen and oxygen atoms in total. The van der Waals surface area contributed by atoms with Crippen LogP contribution in [0.3, 0.4) is 0 Å². The number of thiophene rings is 1. The Balaban J connectivity index is 1.33. The zero-order valence-corrected chi connectivity index (χ0v) is 17.8. The van der Waals surface area contributed by atoms with Gasteiger partial charge < -0.3 is 25.4 Å². The smallest absolute Gasteiger partial charge is 0.251 e. The number of ether oxygens (including phenoxy) is 2. The number of carbonyl (C=O) groups is 3. The summed E-state index contributed by atoms with van der Waals surface area (Å²) in [5, 5.41) is 3.40. The van der Waals surface area contributed by atoms with E-state index in [2.05, 4.69) is 5.32 Å². The third kappa shape index (κ3) is 3.63. The van der Waals surface area contributed by atoms with Gasteiger partial charge in [0.2, 0.25) is 11.8 Å². The molecule has 162 valence electrons. The maximum absolute atomic E-state index is 13.0. The van der Waals surface area contributed by atoms with Crippen molar-refractivity contribution >= 4 is 39.7 Å². The van der Waals surface area contributed by atoms with Gasteiger partial charge in [0.25, 0.3) is 5.91 Å². The molecule has 31 heavy (non-hydrogen) atoms. The first-order chi connectivity index (χ1) is 15.0. The van der Waals surface area contributed by atoms with Gasteiger partial charge in [-0.3, -0.25) is 14.4 Å². The van der Waals surface area contributed by atoms with Crippen LogP contribution in [0.2, 0.25) is 0 Å². The Labute approximate surface area is 183 Å². The van der Waals surface area contributed by atoms with Crippen LogP contribution in [0.4, 0.5) is 10.7 Å². The number of benzene rings is 1. The van der Waals surface area contributed by atoms with E-state index in [4.69, 9.17) is 15.2 Å². The summed E-state index contributed by atoms with van der Waals surface area (Å²) in [6.45, 7) is 1.22. The van der Waals surface area contributed by atoms with Gasteiger partial charge in [-0.15, -0.1) is 11.3 Å². The van der Waals surface area contributed by atoms with Crippen molar-refractivity contribution < 1.29 is 23.9 Å². The van der Waals surface area contributed by atoms with E-state index in [1.165, 1.54) is 11.3 Å². The summed E-state index contributed by atoms with van der Waals surface area (Å²) < 4.78 is 11.1. The summed E-state index contributed by atoms with van der Waals surface area (Å²) in [5.41, 5.74) is 7.70. The minimum Gasteiger partial charge on any atom is -0.486 e. The fourth-order valence-corrected chi connectivity index (χ4v) is 5.76. The highest BCUT2D eigenvalue weighted by Gasteiger charge is 2.36. The summed E-state index contributed by atoms with van der Waals surface area (Å²) in [4.78, 5) is 40.4. The first-order valence-corrected chi connectivity index (χ1v) is 11.3. The first kappa shape index (κ1) is 19.9. The lowest BCUT2D eigenvalue weighted by molar-refractivity contribution is -0.122. The highest BCUT2D eigenvalue weighted by molar-refractivity contribution is 7.17. The van der Waals surface area contributed by atoms with Crippen LogP contribution >= 0.6 is 11.3 Å². The first-order valence-electron chi connectivity index (χ1n) is 10.5. The molecule has 1 fully saturated rings. The van der Waals surface area contributed by atoms with E-state index in [9.17, 15) is 14.4 Å². The molecule has 5 rings (SSSR count). The van der Waals surface area contributed by atoms with E-state index in [0.29, 0.717) is 41.0 Å². The molecule has 0 bridgehead atoms. The van der Waals surface area contributed by atoms with E-state index in [0.717, 1.165) is 36.1 Å². The fraction of sp³-hybridized carbons (Fsp3) is 0.409. The second-order valence-electron chi connectivity index (χ2n) is 8.00. The molecule has 0 spiro atoms. The molecule has 2 aromatic rings. The average molecular weight is 442 g/mol. The number of carbonyl (C=O) groups excluding carboxylic acids is 3. The molecule has 1 aromatic carbocycles. The van der Waals surface area contributed by atoms with Crippen molar-refractivity contribution in [1.82, 2.24) is 0 Å². The Kier molecular flexibility index (Phi) is 5.05. The fourth-order valence-electron chi connectivity index (χ4n) is 4.46. The summed E-state index contributed by atoms with van der Waals surface area (Å²) >= 11 is 1.43. The number of hydrogen-bond donors (Lipinski definition) is 2. The van der Waals surface area contributed by atoms with Crippen LogP contribution in [0.25, 0.3) is 0 Å². The van der Waals surface area contributed by atoms with Gasteiger partial charge in [-0.2, -0.15) is 0 Å². The van der Waals surface area contributed by atoms with Gasteiger partial charge in [-0.25, -0.2) is 0 Å². The van der Waals surface area contributed by atoms with Crippen molar-refractivity contribution in [3.05, 3.63) is 34.2 Å². The number of fused-ring (bicyclic) bond motifs is 2.